The van der Waals surface area contributed by atoms with Crippen LogP contribution < -0.4 is 4.74 Å². The van der Waals surface area contributed by atoms with Gasteiger partial charge in [-0.05, 0) is 58.8 Å². The molecule has 4 rings (SSSR count). The van der Waals surface area contributed by atoms with E-state index in [4.69, 9.17) is 16.3 Å². The standard InChI is InChI=1S/C24H20ClNO3S/c1-2-13-29-21-12-9-17-5-3-4-6-19(17)20(21)14-22-23(27)26(24(28)30-22)15-16-7-10-18(25)11-8-16/h3-12,14H,2,13,15H2,1H3/b22-14-. The lowest BCUT2D eigenvalue weighted by atomic mass is 10.0. The van der Waals surface area contributed by atoms with Gasteiger partial charge in [-0.2, -0.15) is 0 Å². The van der Waals surface area contributed by atoms with E-state index in [0.717, 1.165) is 40.1 Å². The molecule has 152 valence electrons. The highest BCUT2D eigenvalue weighted by Crippen LogP contribution is 2.37. The summed E-state index contributed by atoms with van der Waals surface area (Å²) in [5, 5.41) is 2.37. The average molecular weight is 438 g/mol. The van der Waals surface area contributed by atoms with E-state index in [2.05, 4.69) is 0 Å². The number of thioether (sulfide) groups is 1. The minimum absolute atomic E-state index is 0.216. The van der Waals surface area contributed by atoms with E-state index in [0.29, 0.717) is 22.3 Å². The zero-order valence-corrected chi connectivity index (χ0v) is 18.0. The van der Waals surface area contributed by atoms with Gasteiger partial charge < -0.3 is 4.74 Å². The fourth-order valence-electron chi connectivity index (χ4n) is 3.30. The number of hydrogen-bond donors (Lipinski definition) is 0. The third-order valence-corrected chi connectivity index (χ3v) is 5.95. The fraction of sp³-hybridized carbons (Fsp3) is 0.167. The van der Waals surface area contributed by atoms with Crippen molar-refractivity contribution in [3.63, 3.8) is 0 Å². The zero-order chi connectivity index (χ0) is 21.1. The van der Waals surface area contributed by atoms with Crippen LogP contribution in [0, 0.1) is 0 Å². The molecule has 1 fully saturated rings. The van der Waals surface area contributed by atoms with Crippen molar-refractivity contribution in [3.05, 3.63) is 81.7 Å². The highest BCUT2D eigenvalue weighted by atomic mass is 35.5. The second-order valence-corrected chi connectivity index (χ2v) is 8.37. The fourth-order valence-corrected chi connectivity index (χ4v) is 4.25. The molecule has 1 aliphatic rings. The number of imide groups is 1. The third kappa shape index (κ3) is 4.23. The van der Waals surface area contributed by atoms with Crippen LogP contribution in [0.25, 0.3) is 16.8 Å². The first-order chi connectivity index (χ1) is 14.6. The van der Waals surface area contributed by atoms with Gasteiger partial charge in [0, 0.05) is 10.6 Å². The lowest BCUT2D eigenvalue weighted by Gasteiger charge is -2.13. The summed E-state index contributed by atoms with van der Waals surface area (Å²) in [6.07, 6.45) is 2.66. The Morgan fingerprint density at radius 3 is 2.57 bits per heavy atom. The van der Waals surface area contributed by atoms with Crippen LogP contribution in [-0.2, 0) is 11.3 Å². The molecule has 0 aliphatic carbocycles. The molecule has 0 saturated carbocycles. The summed E-state index contributed by atoms with van der Waals surface area (Å²) in [5.74, 6) is 0.411. The summed E-state index contributed by atoms with van der Waals surface area (Å²) >= 11 is 6.88. The Bertz CT molecular complexity index is 1140. The molecule has 1 heterocycles. The number of amides is 2. The first-order valence-electron chi connectivity index (χ1n) is 9.71. The summed E-state index contributed by atoms with van der Waals surface area (Å²) in [5.41, 5.74) is 1.67. The molecule has 0 bridgehead atoms. The molecule has 4 nitrogen and oxygen atoms in total. The molecule has 2 amide bonds. The van der Waals surface area contributed by atoms with Crippen molar-refractivity contribution in [2.24, 2.45) is 0 Å². The minimum Gasteiger partial charge on any atom is -0.493 e. The van der Waals surface area contributed by atoms with Crippen LogP contribution in [0.2, 0.25) is 5.02 Å². The third-order valence-electron chi connectivity index (χ3n) is 4.80. The van der Waals surface area contributed by atoms with Crippen molar-refractivity contribution in [2.75, 3.05) is 6.61 Å². The molecule has 6 heteroatoms. The Hall–Kier alpha value is -2.76. The molecule has 0 N–H and O–H groups in total. The largest absolute Gasteiger partial charge is 0.493 e. The Morgan fingerprint density at radius 2 is 1.80 bits per heavy atom. The van der Waals surface area contributed by atoms with Crippen molar-refractivity contribution >= 4 is 51.4 Å². The van der Waals surface area contributed by atoms with Gasteiger partial charge in [0.05, 0.1) is 18.1 Å². The van der Waals surface area contributed by atoms with E-state index in [-0.39, 0.29) is 17.7 Å². The van der Waals surface area contributed by atoms with E-state index in [9.17, 15) is 9.59 Å². The monoisotopic (exact) mass is 437 g/mol. The highest BCUT2D eigenvalue weighted by Gasteiger charge is 2.35. The van der Waals surface area contributed by atoms with Gasteiger partial charge >= 0.3 is 0 Å². The second-order valence-electron chi connectivity index (χ2n) is 6.94. The highest BCUT2D eigenvalue weighted by molar-refractivity contribution is 8.18. The number of carbonyl (C=O) groups excluding carboxylic acids is 2. The van der Waals surface area contributed by atoms with Crippen LogP contribution in [-0.4, -0.2) is 22.7 Å². The number of fused-ring (bicyclic) bond motifs is 1. The Morgan fingerprint density at radius 1 is 1.03 bits per heavy atom. The number of hydrogen-bond acceptors (Lipinski definition) is 4. The predicted octanol–water partition coefficient (Wildman–Crippen LogP) is 6.52. The van der Waals surface area contributed by atoms with Gasteiger partial charge in [-0.3, -0.25) is 14.5 Å². The summed E-state index contributed by atoms with van der Waals surface area (Å²) in [4.78, 5) is 27.2. The molecular formula is C24H20ClNO3S. The number of halogens is 1. The molecule has 0 aromatic heterocycles. The Kier molecular flexibility index (Phi) is 6.11. The number of benzene rings is 3. The van der Waals surface area contributed by atoms with Crippen molar-refractivity contribution in [2.45, 2.75) is 19.9 Å². The van der Waals surface area contributed by atoms with Crippen molar-refractivity contribution in [3.8, 4) is 5.75 Å². The molecule has 0 radical (unpaired) electrons. The first kappa shape index (κ1) is 20.5. The number of nitrogens with zero attached hydrogens (tertiary/aromatic N) is 1. The van der Waals surface area contributed by atoms with E-state index in [1.54, 1.807) is 18.2 Å². The molecule has 3 aromatic rings. The van der Waals surface area contributed by atoms with E-state index in [1.807, 2.05) is 55.5 Å². The molecule has 1 aliphatic heterocycles. The summed E-state index contributed by atoms with van der Waals surface area (Å²) in [6, 6.07) is 19.0. The van der Waals surface area contributed by atoms with Crippen molar-refractivity contribution < 1.29 is 14.3 Å². The van der Waals surface area contributed by atoms with Crippen LogP contribution in [0.4, 0.5) is 4.79 Å². The van der Waals surface area contributed by atoms with E-state index >= 15 is 0 Å². The Balaban J connectivity index is 1.69. The maximum atomic E-state index is 13.0. The van der Waals surface area contributed by atoms with Gasteiger partial charge in [-0.25, -0.2) is 0 Å². The van der Waals surface area contributed by atoms with Crippen LogP contribution in [0.1, 0.15) is 24.5 Å². The van der Waals surface area contributed by atoms with Crippen molar-refractivity contribution in [1.82, 2.24) is 4.90 Å². The van der Waals surface area contributed by atoms with Gasteiger partial charge in [0.15, 0.2) is 0 Å². The molecule has 0 atom stereocenters. The van der Waals surface area contributed by atoms with Crippen LogP contribution >= 0.6 is 23.4 Å². The van der Waals surface area contributed by atoms with Gasteiger partial charge in [-0.1, -0.05) is 61.0 Å². The quantitative estimate of drug-likeness (QED) is 0.412. The van der Waals surface area contributed by atoms with Crippen LogP contribution in [0.3, 0.4) is 0 Å². The molecular weight excluding hydrogens is 418 g/mol. The topological polar surface area (TPSA) is 46.6 Å². The molecule has 3 aromatic carbocycles. The smallest absolute Gasteiger partial charge is 0.293 e. The van der Waals surface area contributed by atoms with Crippen LogP contribution in [0.15, 0.2) is 65.6 Å². The summed E-state index contributed by atoms with van der Waals surface area (Å²) < 4.78 is 5.92. The predicted molar refractivity (Wildman–Crippen MR) is 123 cm³/mol. The van der Waals surface area contributed by atoms with E-state index < -0.39 is 0 Å². The summed E-state index contributed by atoms with van der Waals surface area (Å²) in [6.45, 7) is 2.84. The summed E-state index contributed by atoms with van der Waals surface area (Å²) in [7, 11) is 0. The maximum absolute atomic E-state index is 13.0. The maximum Gasteiger partial charge on any atom is 0.293 e. The zero-order valence-electron chi connectivity index (χ0n) is 16.4. The van der Waals surface area contributed by atoms with Gasteiger partial charge in [0.1, 0.15) is 5.75 Å². The normalized spacial score (nSPS) is 15.4. The lowest BCUT2D eigenvalue weighted by molar-refractivity contribution is -0.123. The SMILES string of the molecule is CCCOc1ccc2ccccc2c1/C=C1\SC(=O)N(Cc2ccc(Cl)cc2)C1=O. The Labute approximate surface area is 184 Å². The number of carbonyl (C=O) groups is 2. The average Bonchev–Trinajstić information content (AvgIpc) is 3.02. The second kappa shape index (κ2) is 8.94. The first-order valence-corrected chi connectivity index (χ1v) is 10.9. The molecule has 0 spiro atoms. The van der Waals surface area contributed by atoms with Gasteiger partial charge in [0.2, 0.25) is 0 Å². The molecule has 0 unspecified atom stereocenters. The van der Waals surface area contributed by atoms with E-state index in [1.165, 1.54) is 4.90 Å². The number of rotatable bonds is 6. The minimum atomic E-state index is -0.297. The lowest BCUT2D eigenvalue weighted by Crippen LogP contribution is -2.27. The number of ether oxygens (including phenoxy) is 1. The van der Waals surface area contributed by atoms with Gasteiger partial charge in [0.25, 0.3) is 11.1 Å². The van der Waals surface area contributed by atoms with Crippen molar-refractivity contribution in [1.29, 1.82) is 0 Å². The molecule has 30 heavy (non-hydrogen) atoms. The molecule has 1 saturated heterocycles. The van der Waals surface area contributed by atoms with Crippen LogP contribution in [0.5, 0.6) is 5.75 Å². The van der Waals surface area contributed by atoms with Gasteiger partial charge in [-0.15, -0.1) is 0 Å².